The highest BCUT2D eigenvalue weighted by Crippen LogP contribution is 2.40. The molecule has 0 bridgehead atoms. The first-order valence-corrected chi connectivity index (χ1v) is 9.83. The summed E-state index contributed by atoms with van der Waals surface area (Å²) in [5, 5.41) is 11.6. The first-order valence-electron chi connectivity index (χ1n) is 9.45. The van der Waals surface area contributed by atoms with E-state index in [0.29, 0.717) is 16.1 Å². The Morgan fingerprint density at radius 2 is 1.77 bits per heavy atom. The van der Waals surface area contributed by atoms with Crippen molar-refractivity contribution in [3.8, 4) is 0 Å². The highest BCUT2D eigenvalue weighted by atomic mass is 35.5. The molecule has 0 unspecified atom stereocenters. The number of hydrogen-bond donors (Lipinski definition) is 1. The Bertz CT molecular complexity index is 1120. The van der Waals surface area contributed by atoms with E-state index in [1.807, 2.05) is 25.1 Å². The molecule has 5 nitrogen and oxygen atoms in total. The zero-order valence-electron chi connectivity index (χ0n) is 16.2. The molecule has 1 aliphatic rings. The quantitative estimate of drug-likeness (QED) is 0.380. The van der Waals surface area contributed by atoms with Crippen LogP contribution in [0.5, 0.6) is 0 Å². The number of aliphatic hydroxyl groups excluding tert-OH is 1. The summed E-state index contributed by atoms with van der Waals surface area (Å²) in [6.45, 7) is 2.13. The molecular formula is C24H19ClN2O3. The Morgan fingerprint density at radius 3 is 2.40 bits per heavy atom. The van der Waals surface area contributed by atoms with Crippen molar-refractivity contribution in [2.24, 2.45) is 0 Å². The van der Waals surface area contributed by atoms with E-state index in [1.54, 1.807) is 54.9 Å². The highest BCUT2D eigenvalue weighted by molar-refractivity contribution is 6.46. The minimum Gasteiger partial charge on any atom is -0.507 e. The maximum atomic E-state index is 13.0. The standard InChI is InChI=1S/C24H19ClN2O3/c1-15-4-6-18(7-5-15)22(28)20-21(17-8-10-19(25)11-9-17)27(24(30)23(20)29)14-16-3-2-12-26-13-16/h2-13,21,28H,14H2,1H3/b22-20+/t21-/m0/s1. The lowest BCUT2D eigenvalue weighted by Crippen LogP contribution is -2.29. The van der Waals surface area contributed by atoms with Crippen molar-refractivity contribution >= 4 is 29.1 Å². The summed E-state index contributed by atoms with van der Waals surface area (Å²) >= 11 is 6.03. The number of halogens is 1. The number of ketones is 1. The van der Waals surface area contributed by atoms with Gasteiger partial charge in [0.25, 0.3) is 11.7 Å². The summed E-state index contributed by atoms with van der Waals surface area (Å²) in [5.74, 6) is -1.56. The number of aryl methyl sites for hydroxylation is 1. The molecule has 2 heterocycles. The third-order valence-corrected chi connectivity index (χ3v) is 5.38. The van der Waals surface area contributed by atoms with E-state index >= 15 is 0 Å². The van der Waals surface area contributed by atoms with Gasteiger partial charge in [0.15, 0.2) is 0 Å². The van der Waals surface area contributed by atoms with Crippen LogP contribution < -0.4 is 0 Å². The minimum atomic E-state index is -0.733. The van der Waals surface area contributed by atoms with E-state index in [0.717, 1.165) is 11.1 Å². The fraction of sp³-hybridized carbons (Fsp3) is 0.125. The molecule has 0 spiro atoms. The largest absolute Gasteiger partial charge is 0.507 e. The number of hydrogen-bond acceptors (Lipinski definition) is 4. The van der Waals surface area contributed by atoms with Gasteiger partial charge in [-0.2, -0.15) is 0 Å². The minimum absolute atomic E-state index is 0.0649. The molecule has 30 heavy (non-hydrogen) atoms. The van der Waals surface area contributed by atoms with E-state index in [4.69, 9.17) is 11.6 Å². The molecule has 150 valence electrons. The van der Waals surface area contributed by atoms with Crippen molar-refractivity contribution < 1.29 is 14.7 Å². The van der Waals surface area contributed by atoms with Crippen LogP contribution in [0.4, 0.5) is 0 Å². The molecule has 1 fully saturated rings. The van der Waals surface area contributed by atoms with Gasteiger partial charge in [0.1, 0.15) is 5.76 Å². The molecule has 0 radical (unpaired) electrons. The fourth-order valence-electron chi connectivity index (χ4n) is 3.59. The zero-order valence-corrected chi connectivity index (χ0v) is 17.0. The van der Waals surface area contributed by atoms with Crippen molar-refractivity contribution in [3.63, 3.8) is 0 Å². The smallest absolute Gasteiger partial charge is 0.295 e. The Labute approximate surface area is 179 Å². The van der Waals surface area contributed by atoms with Crippen LogP contribution in [0, 0.1) is 6.92 Å². The molecule has 1 saturated heterocycles. The van der Waals surface area contributed by atoms with Gasteiger partial charge in [-0.15, -0.1) is 0 Å². The van der Waals surface area contributed by atoms with Gasteiger partial charge in [0.2, 0.25) is 0 Å². The average Bonchev–Trinajstić information content (AvgIpc) is 3.00. The SMILES string of the molecule is Cc1ccc(/C(O)=C2\C(=O)C(=O)N(Cc3cccnc3)[C@H]2c2ccc(Cl)cc2)cc1. The molecule has 6 heteroatoms. The lowest BCUT2D eigenvalue weighted by atomic mass is 9.95. The van der Waals surface area contributed by atoms with Crippen molar-refractivity contribution in [1.29, 1.82) is 0 Å². The number of likely N-dealkylation sites (tertiary alicyclic amines) is 1. The van der Waals surface area contributed by atoms with Crippen molar-refractivity contribution in [3.05, 3.63) is 106 Å². The van der Waals surface area contributed by atoms with E-state index < -0.39 is 17.7 Å². The maximum absolute atomic E-state index is 13.0. The third-order valence-electron chi connectivity index (χ3n) is 5.13. The van der Waals surface area contributed by atoms with E-state index in [9.17, 15) is 14.7 Å². The van der Waals surface area contributed by atoms with Crippen LogP contribution in [0.25, 0.3) is 5.76 Å². The number of nitrogens with zero attached hydrogens (tertiary/aromatic N) is 2. The number of carbonyl (C=O) groups is 2. The normalized spacial score (nSPS) is 18.1. The van der Waals surface area contributed by atoms with Gasteiger partial charge < -0.3 is 10.0 Å². The highest BCUT2D eigenvalue weighted by Gasteiger charge is 2.46. The lowest BCUT2D eigenvalue weighted by molar-refractivity contribution is -0.140. The summed E-state index contributed by atoms with van der Waals surface area (Å²) < 4.78 is 0. The van der Waals surface area contributed by atoms with Crippen LogP contribution in [-0.4, -0.2) is 26.7 Å². The Kier molecular flexibility index (Phi) is 5.38. The van der Waals surface area contributed by atoms with Gasteiger partial charge in [-0.1, -0.05) is 59.6 Å². The predicted octanol–water partition coefficient (Wildman–Crippen LogP) is 4.67. The number of aliphatic hydroxyl groups is 1. The molecule has 4 rings (SSSR count). The second kappa shape index (κ2) is 8.13. The van der Waals surface area contributed by atoms with Crippen LogP contribution in [0.2, 0.25) is 5.02 Å². The van der Waals surface area contributed by atoms with E-state index in [2.05, 4.69) is 4.98 Å². The molecular weight excluding hydrogens is 400 g/mol. The van der Waals surface area contributed by atoms with Crippen molar-refractivity contribution in [1.82, 2.24) is 9.88 Å². The summed E-state index contributed by atoms with van der Waals surface area (Å²) in [7, 11) is 0. The molecule has 1 aliphatic heterocycles. The first kappa shape index (κ1) is 19.9. The van der Waals surface area contributed by atoms with Gasteiger partial charge in [-0.3, -0.25) is 14.6 Å². The van der Waals surface area contributed by atoms with Gasteiger partial charge in [0.05, 0.1) is 11.6 Å². The summed E-state index contributed by atoms with van der Waals surface area (Å²) in [6, 6.07) is 17.0. The fourth-order valence-corrected chi connectivity index (χ4v) is 3.72. The number of carbonyl (C=O) groups excluding carboxylic acids is 2. The Hall–Kier alpha value is -3.44. The monoisotopic (exact) mass is 418 g/mol. The van der Waals surface area contributed by atoms with Crippen molar-refractivity contribution in [2.75, 3.05) is 0 Å². The lowest BCUT2D eigenvalue weighted by Gasteiger charge is -2.25. The number of rotatable bonds is 4. The Morgan fingerprint density at radius 1 is 1.07 bits per heavy atom. The van der Waals surface area contributed by atoms with Crippen LogP contribution in [0.1, 0.15) is 28.3 Å². The second-order valence-corrected chi connectivity index (χ2v) is 7.64. The number of amides is 1. The van der Waals surface area contributed by atoms with E-state index in [1.165, 1.54) is 4.90 Å². The van der Waals surface area contributed by atoms with Crippen LogP contribution >= 0.6 is 11.6 Å². The topological polar surface area (TPSA) is 70.5 Å². The number of aromatic nitrogens is 1. The summed E-state index contributed by atoms with van der Waals surface area (Å²) in [5.41, 5.74) is 3.05. The Balaban J connectivity index is 1.85. The molecule has 1 aromatic heterocycles. The average molecular weight is 419 g/mol. The summed E-state index contributed by atoms with van der Waals surface area (Å²) in [4.78, 5) is 31.5. The van der Waals surface area contributed by atoms with Crippen molar-refractivity contribution in [2.45, 2.75) is 19.5 Å². The number of benzene rings is 2. The van der Waals surface area contributed by atoms with Crippen LogP contribution in [-0.2, 0) is 16.1 Å². The van der Waals surface area contributed by atoms with Gasteiger partial charge in [-0.25, -0.2) is 0 Å². The molecule has 2 aromatic carbocycles. The molecule has 1 atom stereocenters. The second-order valence-electron chi connectivity index (χ2n) is 7.21. The van der Waals surface area contributed by atoms with Crippen LogP contribution in [0.3, 0.4) is 0 Å². The van der Waals surface area contributed by atoms with Crippen LogP contribution in [0.15, 0.2) is 78.6 Å². The third kappa shape index (κ3) is 3.72. The molecule has 0 saturated carbocycles. The predicted molar refractivity (Wildman–Crippen MR) is 115 cm³/mol. The zero-order chi connectivity index (χ0) is 21.3. The first-order chi connectivity index (χ1) is 14.5. The molecule has 0 aliphatic carbocycles. The van der Waals surface area contributed by atoms with E-state index in [-0.39, 0.29) is 17.9 Å². The number of pyridine rings is 1. The van der Waals surface area contributed by atoms with Gasteiger partial charge >= 0.3 is 0 Å². The number of Topliss-reactive ketones (excluding diaryl/α,β-unsaturated/α-hetero) is 1. The van der Waals surface area contributed by atoms with Gasteiger partial charge in [-0.05, 0) is 36.2 Å². The van der Waals surface area contributed by atoms with Gasteiger partial charge in [0, 0.05) is 29.5 Å². The molecule has 3 aromatic rings. The molecule has 1 amide bonds. The molecule has 1 N–H and O–H groups in total. The summed E-state index contributed by atoms with van der Waals surface area (Å²) in [6.07, 6.45) is 3.30. The maximum Gasteiger partial charge on any atom is 0.295 e.